The lowest BCUT2D eigenvalue weighted by atomic mass is 10.2. The van der Waals surface area contributed by atoms with Gasteiger partial charge in [0.05, 0.1) is 16.3 Å². The number of carbonyl (C=O) groups excluding carboxylic acids is 2. The average Bonchev–Trinajstić information content (AvgIpc) is 3.00. The predicted molar refractivity (Wildman–Crippen MR) is 99.7 cm³/mol. The van der Waals surface area contributed by atoms with Crippen LogP contribution in [0.2, 0.25) is 0 Å². The van der Waals surface area contributed by atoms with Crippen molar-refractivity contribution in [1.29, 1.82) is 0 Å². The maximum atomic E-state index is 13.6. The molecule has 0 radical (unpaired) electrons. The van der Waals surface area contributed by atoms with Crippen LogP contribution in [0.5, 0.6) is 0 Å². The molecule has 0 spiro atoms. The van der Waals surface area contributed by atoms with Gasteiger partial charge in [0.2, 0.25) is 11.8 Å². The number of amides is 2. The van der Waals surface area contributed by atoms with Crippen LogP contribution in [-0.4, -0.2) is 26.8 Å². The molecule has 2 aromatic rings. The van der Waals surface area contributed by atoms with E-state index < -0.39 is 21.7 Å². The number of benzene rings is 2. The number of hydrogen-bond acceptors (Lipinski definition) is 4. The molecule has 0 saturated carbocycles. The summed E-state index contributed by atoms with van der Waals surface area (Å²) in [7, 11) is -4.02. The molecule has 2 N–H and O–H groups in total. The predicted octanol–water partition coefficient (Wildman–Crippen LogP) is 2.49. The quantitative estimate of drug-likeness (QED) is 0.837. The van der Waals surface area contributed by atoms with E-state index in [1.54, 1.807) is 11.0 Å². The summed E-state index contributed by atoms with van der Waals surface area (Å²) in [5, 5.41) is 2.46. The van der Waals surface area contributed by atoms with Crippen LogP contribution in [0, 0.1) is 5.82 Å². The lowest BCUT2D eigenvalue weighted by Gasteiger charge is -2.16. The van der Waals surface area contributed by atoms with Gasteiger partial charge in [0.1, 0.15) is 5.82 Å². The number of nitrogens with one attached hydrogen (secondary N) is 2. The Balaban J connectivity index is 1.94. The van der Waals surface area contributed by atoms with E-state index in [-0.39, 0.29) is 22.2 Å². The van der Waals surface area contributed by atoms with Crippen LogP contribution < -0.4 is 14.9 Å². The SMILES string of the molecule is CC(=O)Nc1ccc(F)cc1NS(=O)(=O)c1ccc2c(c1)CCN2C(C)=O. The Labute approximate surface area is 156 Å². The van der Waals surface area contributed by atoms with Crippen molar-refractivity contribution < 1.29 is 22.4 Å². The smallest absolute Gasteiger partial charge is 0.261 e. The third kappa shape index (κ3) is 3.92. The van der Waals surface area contributed by atoms with E-state index in [9.17, 15) is 22.4 Å². The summed E-state index contributed by atoms with van der Waals surface area (Å²) in [6, 6.07) is 7.86. The summed E-state index contributed by atoms with van der Waals surface area (Å²) in [5.41, 5.74) is 1.51. The molecule has 0 saturated heterocycles. The minimum Gasteiger partial charge on any atom is -0.325 e. The van der Waals surface area contributed by atoms with E-state index in [0.29, 0.717) is 18.7 Å². The molecule has 0 unspecified atom stereocenters. The molecule has 3 rings (SSSR count). The van der Waals surface area contributed by atoms with Crippen molar-refractivity contribution in [1.82, 2.24) is 0 Å². The Bertz CT molecular complexity index is 1040. The van der Waals surface area contributed by atoms with Gasteiger partial charge >= 0.3 is 0 Å². The maximum Gasteiger partial charge on any atom is 0.261 e. The molecular formula is C18H18FN3O4S. The number of anilines is 3. The van der Waals surface area contributed by atoms with E-state index in [1.807, 2.05) is 0 Å². The molecule has 0 aliphatic carbocycles. The second kappa shape index (κ2) is 6.99. The normalized spacial score (nSPS) is 13.2. The van der Waals surface area contributed by atoms with Crippen LogP contribution in [0.4, 0.5) is 21.5 Å². The Morgan fingerprint density at radius 2 is 1.81 bits per heavy atom. The first-order valence-corrected chi connectivity index (χ1v) is 9.67. The molecule has 2 aromatic carbocycles. The Morgan fingerprint density at radius 1 is 1.07 bits per heavy atom. The minimum atomic E-state index is -4.02. The van der Waals surface area contributed by atoms with Crippen LogP contribution in [0.15, 0.2) is 41.3 Å². The van der Waals surface area contributed by atoms with E-state index in [0.717, 1.165) is 17.7 Å². The van der Waals surface area contributed by atoms with Crippen molar-refractivity contribution in [2.75, 3.05) is 21.5 Å². The summed E-state index contributed by atoms with van der Waals surface area (Å²) in [4.78, 5) is 24.5. The third-order valence-electron chi connectivity index (χ3n) is 4.17. The molecule has 1 heterocycles. The topological polar surface area (TPSA) is 95.6 Å². The van der Waals surface area contributed by atoms with Gasteiger partial charge in [-0.3, -0.25) is 14.3 Å². The Morgan fingerprint density at radius 3 is 2.48 bits per heavy atom. The van der Waals surface area contributed by atoms with Crippen LogP contribution in [0.25, 0.3) is 0 Å². The fraction of sp³-hybridized carbons (Fsp3) is 0.222. The number of sulfonamides is 1. The fourth-order valence-electron chi connectivity index (χ4n) is 2.98. The van der Waals surface area contributed by atoms with E-state index in [4.69, 9.17) is 0 Å². The molecule has 2 amide bonds. The number of nitrogens with zero attached hydrogens (tertiary/aromatic N) is 1. The van der Waals surface area contributed by atoms with Gasteiger partial charge in [0.25, 0.3) is 10.0 Å². The van der Waals surface area contributed by atoms with Crippen molar-refractivity contribution in [2.45, 2.75) is 25.2 Å². The van der Waals surface area contributed by atoms with Crippen LogP contribution >= 0.6 is 0 Å². The first kappa shape index (κ1) is 18.8. The highest BCUT2D eigenvalue weighted by Crippen LogP contribution is 2.32. The molecule has 9 heteroatoms. The third-order valence-corrected chi connectivity index (χ3v) is 5.54. The summed E-state index contributed by atoms with van der Waals surface area (Å²) >= 11 is 0. The van der Waals surface area contributed by atoms with Gasteiger partial charge < -0.3 is 10.2 Å². The first-order chi connectivity index (χ1) is 12.7. The van der Waals surface area contributed by atoms with E-state index >= 15 is 0 Å². The van der Waals surface area contributed by atoms with Gasteiger partial charge in [-0.1, -0.05) is 0 Å². The Hall–Kier alpha value is -2.94. The van der Waals surface area contributed by atoms with Crippen molar-refractivity contribution in [3.8, 4) is 0 Å². The van der Waals surface area contributed by atoms with Gasteiger partial charge in [-0.2, -0.15) is 0 Å². The summed E-state index contributed by atoms with van der Waals surface area (Å²) < 4.78 is 41.4. The lowest BCUT2D eigenvalue weighted by molar-refractivity contribution is -0.116. The standard InChI is InChI=1S/C18H18FN3O4S/c1-11(23)20-16-5-3-14(19)10-17(16)21-27(25,26)15-4-6-18-13(9-15)7-8-22(18)12(2)24/h3-6,9-10,21H,7-8H2,1-2H3,(H,20,23). The van der Waals surface area contributed by atoms with Crippen molar-refractivity contribution in [3.63, 3.8) is 0 Å². The number of carbonyl (C=O) groups is 2. The molecule has 142 valence electrons. The second-order valence-electron chi connectivity index (χ2n) is 6.19. The highest BCUT2D eigenvalue weighted by atomic mass is 32.2. The zero-order chi connectivity index (χ0) is 19.8. The van der Waals surface area contributed by atoms with Gasteiger partial charge in [-0.25, -0.2) is 12.8 Å². The number of fused-ring (bicyclic) bond motifs is 1. The zero-order valence-corrected chi connectivity index (χ0v) is 15.6. The van der Waals surface area contributed by atoms with Crippen molar-refractivity contribution in [3.05, 3.63) is 47.8 Å². The van der Waals surface area contributed by atoms with Gasteiger partial charge in [-0.15, -0.1) is 0 Å². The highest BCUT2D eigenvalue weighted by molar-refractivity contribution is 7.92. The summed E-state index contributed by atoms with van der Waals surface area (Å²) in [6.07, 6.45) is 0.551. The average molecular weight is 391 g/mol. The zero-order valence-electron chi connectivity index (χ0n) is 14.7. The minimum absolute atomic E-state index is 0.00955. The number of halogens is 1. The summed E-state index contributed by atoms with van der Waals surface area (Å²) in [6.45, 7) is 3.22. The molecular weight excluding hydrogens is 373 g/mol. The molecule has 1 aliphatic heterocycles. The molecule has 0 aromatic heterocycles. The molecule has 27 heavy (non-hydrogen) atoms. The molecule has 7 nitrogen and oxygen atoms in total. The molecule has 0 atom stereocenters. The first-order valence-electron chi connectivity index (χ1n) is 8.18. The lowest BCUT2D eigenvalue weighted by Crippen LogP contribution is -2.25. The second-order valence-corrected chi connectivity index (χ2v) is 7.87. The van der Waals surface area contributed by atoms with Crippen LogP contribution in [0.1, 0.15) is 19.4 Å². The van der Waals surface area contributed by atoms with Crippen LogP contribution in [-0.2, 0) is 26.0 Å². The number of hydrogen-bond donors (Lipinski definition) is 2. The van der Waals surface area contributed by atoms with E-state index in [2.05, 4.69) is 10.0 Å². The molecule has 0 bridgehead atoms. The highest BCUT2D eigenvalue weighted by Gasteiger charge is 2.25. The largest absolute Gasteiger partial charge is 0.325 e. The van der Waals surface area contributed by atoms with Crippen LogP contribution in [0.3, 0.4) is 0 Å². The molecule has 0 fully saturated rings. The van der Waals surface area contributed by atoms with Crippen molar-refractivity contribution >= 4 is 38.9 Å². The van der Waals surface area contributed by atoms with E-state index in [1.165, 1.54) is 32.0 Å². The van der Waals surface area contributed by atoms with Gasteiger partial charge in [0, 0.05) is 32.1 Å². The summed E-state index contributed by atoms with van der Waals surface area (Å²) in [5.74, 6) is -1.17. The Kier molecular flexibility index (Phi) is 4.88. The number of rotatable bonds is 4. The fourth-order valence-corrected chi connectivity index (χ4v) is 4.10. The maximum absolute atomic E-state index is 13.6. The monoisotopic (exact) mass is 391 g/mol. The molecule has 1 aliphatic rings. The van der Waals surface area contributed by atoms with Gasteiger partial charge in [0.15, 0.2) is 0 Å². The van der Waals surface area contributed by atoms with Crippen molar-refractivity contribution in [2.24, 2.45) is 0 Å². The van der Waals surface area contributed by atoms with Gasteiger partial charge in [-0.05, 0) is 42.3 Å².